The van der Waals surface area contributed by atoms with E-state index < -0.39 is 0 Å². The Bertz CT molecular complexity index is 1110. The molecule has 3 N–H and O–H groups in total. The molecule has 0 atom stereocenters. The summed E-state index contributed by atoms with van der Waals surface area (Å²) in [6.45, 7) is 0.603. The molecule has 0 aromatic heterocycles. The van der Waals surface area contributed by atoms with Crippen LogP contribution < -0.4 is 10.6 Å². The van der Waals surface area contributed by atoms with Gasteiger partial charge in [0, 0.05) is 24.9 Å². The first-order valence-corrected chi connectivity index (χ1v) is 13.4. The number of benzene rings is 2. The quantitative estimate of drug-likeness (QED) is 0.511. The van der Waals surface area contributed by atoms with E-state index in [2.05, 4.69) is 10.6 Å². The number of carbonyl (C=O) groups excluding carboxylic acids is 3. The van der Waals surface area contributed by atoms with E-state index >= 15 is 0 Å². The number of aliphatic hydroxyl groups excluding tert-OH is 1. The third kappa shape index (κ3) is 6.54. The second-order valence-electron chi connectivity index (χ2n) is 11.6. The van der Waals surface area contributed by atoms with Crippen molar-refractivity contribution in [2.45, 2.75) is 82.8 Å². The monoisotopic (exact) mass is 520 g/mol. The SMILES string of the molecule is O=C(NC1CC2(CC(O)C2)C1)OCc1ccccc1.O=C1CC2(C1)CC(NC(=O)OCc1ccccc1)C2. The van der Waals surface area contributed by atoms with Gasteiger partial charge in [0.25, 0.3) is 0 Å². The highest BCUT2D eigenvalue weighted by Crippen LogP contribution is 2.56. The Morgan fingerprint density at radius 3 is 1.53 bits per heavy atom. The Morgan fingerprint density at radius 2 is 1.13 bits per heavy atom. The van der Waals surface area contributed by atoms with Crippen molar-refractivity contribution in [2.24, 2.45) is 10.8 Å². The summed E-state index contributed by atoms with van der Waals surface area (Å²) in [5.74, 6) is 0.352. The van der Waals surface area contributed by atoms with Gasteiger partial charge in [0.1, 0.15) is 19.0 Å². The molecule has 8 heteroatoms. The molecule has 0 heterocycles. The number of amides is 2. The van der Waals surface area contributed by atoms with Gasteiger partial charge in [0.05, 0.1) is 6.10 Å². The van der Waals surface area contributed by atoms with Crippen LogP contribution in [-0.4, -0.2) is 41.3 Å². The van der Waals surface area contributed by atoms with Crippen molar-refractivity contribution in [2.75, 3.05) is 0 Å². The van der Waals surface area contributed by atoms with Crippen LogP contribution >= 0.6 is 0 Å². The zero-order valence-corrected chi connectivity index (χ0v) is 21.6. The minimum atomic E-state index is -0.366. The van der Waals surface area contributed by atoms with E-state index in [-0.39, 0.29) is 35.8 Å². The molecule has 0 unspecified atom stereocenters. The van der Waals surface area contributed by atoms with Crippen molar-refractivity contribution >= 4 is 18.0 Å². The molecule has 0 aliphatic heterocycles. The number of ketones is 1. The van der Waals surface area contributed by atoms with Gasteiger partial charge < -0.3 is 25.2 Å². The minimum absolute atomic E-state index is 0.119. The van der Waals surface area contributed by atoms with Crippen molar-refractivity contribution in [1.82, 2.24) is 10.6 Å². The molecule has 2 aromatic carbocycles. The Morgan fingerprint density at radius 1 is 0.711 bits per heavy atom. The van der Waals surface area contributed by atoms with Gasteiger partial charge in [0.15, 0.2) is 0 Å². The highest BCUT2D eigenvalue weighted by Gasteiger charge is 2.53. The zero-order valence-electron chi connectivity index (χ0n) is 21.6. The number of nitrogens with one attached hydrogen (secondary N) is 2. The number of ether oxygens (including phenoxy) is 2. The molecule has 0 radical (unpaired) electrons. The smallest absolute Gasteiger partial charge is 0.407 e. The number of Topliss-reactive ketones (excluding diaryl/α,β-unsaturated/α-hetero) is 1. The summed E-state index contributed by atoms with van der Waals surface area (Å²) in [5, 5.41) is 15.0. The molecule has 8 nitrogen and oxygen atoms in total. The van der Waals surface area contributed by atoms with E-state index in [1.165, 1.54) is 0 Å². The summed E-state index contributed by atoms with van der Waals surface area (Å²) in [6, 6.07) is 19.6. The fourth-order valence-corrected chi connectivity index (χ4v) is 6.38. The fourth-order valence-electron chi connectivity index (χ4n) is 6.38. The van der Waals surface area contributed by atoms with Crippen LogP contribution in [0.4, 0.5) is 9.59 Å². The molecule has 4 aliphatic carbocycles. The number of hydrogen-bond acceptors (Lipinski definition) is 6. The molecule has 2 amide bonds. The third-order valence-electron chi connectivity index (χ3n) is 8.27. The van der Waals surface area contributed by atoms with E-state index in [0.29, 0.717) is 37.3 Å². The van der Waals surface area contributed by atoms with E-state index in [4.69, 9.17) is 9.47 Å². The molecular formula is C30H36N2O6. The van der Waals surface area contributed by atoms with Gasteiger partial charge in [0.2, 0.25) is 0 Å². The molecule has 6 rings (SSSR count). The average Bonchev–Trinajstić information content (AvgIpc) is 2.83. The maximum atomic E-state index is 11.6. The number of aliphatic hydroxyl groups is 1. The maximum Gasteiger partial charge on any atom is 0.407 e. The normalized spacial score (nSPS) is 26.4. The first-order chi connectivity index (χ1) is 18.3. The maximum absolute atomic E-state index is 11.6. The highest BCUT2D eigenvalue weighted by molar-refractivity contribution is 5.86. The molecule has 2 spiro atoms. The minimum Gasteiger partial charge on any atom is -0.445 e. The summed E-state index contributed by atoms with van der Waals surface area (Å²) in [7, 11) is 0. The van der Waals surface area contributed by atoms with Crippen LogP contribution in [-0.2, 0) is 27.5 Å². The first kappa shape index (κ1) is 26.2. The van der Waals surface area contributed by atoms with Crippen molar-refractivity contribution in [3.8, 4) is 0 Å². The molecule has 38 heavy (non-hydrogen) atoms. The lowest BCUT2D eigenvalue weighted by Gasteiger charge is -2.56. The van der Waals surface area contributed by atoms with E-state index in [1.807, 2.05) is 60.7 Å². The predicted molar refractivity (Wildman–Crippen MR) is 140 cm³/mol. The van der Waals surface area contributed by atoms with E-state index in [9.17, 15) is 19.5 Å². The van der Waals surface area contributed by atoms with Crippen LogP contribution in [0.3, 0.4) is 0 Å². The molecule has 0 saturated heterocycles. The lowest BCUT2D eigenvalue weighted by Crippen LogP contribution is -2.57. The lowest BCUT2D eigenvalue weighted by molar-refractivity contribution is -0.139. The molecule has 2 aromatic rings. The van der Waals surface area contributed by atoms with Crippen LogP contribution in [0.25, 0.3) is 0 Å². The van der Waals surface area contributed by atoms with Crippen molar-refractivity contribution in [3.05, 3.63) is 71.8 Å². The van der Waals surface area contributed by atoms with Crippen molar-refractivity contribution in [1.29, 1.82) is 0 Å². The van der Waals surface area contributed by atoms with Crippen molar-refractivity contribution in [3.63, 3.8) is 0 Å². The second-order valence-corrected chi connectivity index (χ2v) is 11.6. The van der Waals surface area contributed by atoms with Crippen LogP contribution in [0.15, 0.2) is 60.7 Å². The summed E-state index contributed by atoms with van der Waals surface area (Å²) >= 11 is 0. The van der Waals surface area contributed by atoms with Gasteiger partial charge in [-0.25, -0.2) is 9.59 Å². The molecule has 4 aliphatic rings. The van der Waals surface area contributed by atoms with Gasteiger partial charge in [-0.05, 0) is 60.5 Å². The first-order valence-electron chi connectivity index (χ1n) is 13.4. The summed E-state index contributed by atoms with van der Waals surface area (Å²) in [4.78, 5) is 34.2. The highest BCUT2D eigenvalue weighted by atomic mass is 16.6. The largest absolute Gasteiger partial charge is 0.445 e. The van der Waals surface area contributed by atoms with Crippen LogP contribution in [0.1, 0.15) is 62.5 Å². The molecule has 4 fully saturated rings. The molecule has 0 bridgehead atoms. The van der Waals surface area contributed by atoms with Gasteiger partial charge in [-0.1, -0.05) is 60.7 Å². The van der Waals surface area contributed by atoms with Crippen LogP contribution in [0.2, 0.25) is 0 Å². The molecule has 4 saturated carbocycles. The van der Waals surface area contributed by atoms with E-state index in [1.54, 1.807) is 0 Å². The number of hydrogen-bond donors (Lipinski definition) is 3. The van der Waals surface area contributed by atoms with Gasteiger partial charge >= 0.3 is 12.2 Å². The topological polar surface area (TPSA) is 114 Å². The van der Waals surface area contributed by atoms with E-state index in [0.717, 1.165) is 49.7 Å². The zero-order chi connectivity index (χ0) is 26.6. The summed E-state index contributed by atoms with van der Waals surface area (Å²) < 4.78 is 10.3. The Balaban J connectivity index is 0.000000155. The van der Waals surface area contributed by atoms with Crippen LogP contribution in [0.5, 0.6) is 0 Å². The Hall–Kier alpha value is -3.39. The summed E-state index contributed by atoms with van der Waals surface area (Å²) in [6.07, 6.45) is 6.14. The predicted octanol–water partition coefficient (Wildman–Crippen LogP) is 4.64. The third-order valence-corrected chi connectivity index (χ3v) is 8.27. The number of carbonyl (C=O) groups is 3. The summed E-state index contributed by atoms with van der Waals surface area (Å²) in [5.41, 5.74) is 2.50. The Kier molecular flexibility index (Phi) is 7.70. The second kappa shape index (κ2) is 11.2. The van der Waals surface area contributed by atoms with Gasteiger partial charge in [-0.3, -0.25) is 4.79 Å². The van der Waals surface area contributed by atoms with Gasteiger partial charge in [-0.15, -0.1) is 0 Å². The van der Waals surface area contributed by atoms with Crippen LogP contribution in [0, 0.1) is 10.8 Å². The average molecular weight is 521 g/mol. The standard InChI is InChI=1S/C15H19NO3.C15H17NO3/c2*17-13-8-15(9-13)6-12(7-15)16-14(18)19-10-11-4-2-1-3-5-11/h1-5,12-13,17H,6-10H2,(H,16,18);1-5,12H,6-10H2,(H,16,18). The number of rotatable bonds is 6. The fraction of sp³-hybridized carbons (Fsp3) is 0.500. The Labute approximate surface area is 223 Å². The van der Waals surface area contributed by atoms with Gasteiger partial charge in [-0.2, -0.15) is 0 Å². The van der Waals surface area contributed by atoms with Crippen molar-refractivity contribution < 1.29 is 29.0 Å². The lowest BCUT2D eigenvalue weighted by atomic mass is 9.53. The number of alkyl carbamates (subject to hydrolysis) is 2. The molecule has 202 valence electrons. The molecular weight excluding hydrogens is 484 g/mol.